The standard InChI is InChI=1S/C16H33O2/c1-6-13(3)14(4)8-10-18-11-9-16(7-2)15(5)12-17/h13-16H,6-12H2,1-5H3. The van der Waals surface area contributed by atoms with E-state index in [2.05, 4.69) is 34.6 Å². The van der Waals surface area contributed by atoms with E-state index in [1.165, 1.54) is 6.42 Å². The lowest BCUT2D eigenvalue weighted by Crippen LogP contribution is -2.17. The molecule has 0 aliphatic carbocycles. The first-order chi connectivity index (χ1) is 8.56. The van der Waals surface area contributed by atoms with Crippen LogP contribution >= 0.6 is 0 Å². The third kappa shape index (κ3) is 7.38. The van der Waals surface area contributed by atoms with Crippen LogP contribution in [0.3, 0.4) is 0 Å². The summed E-state index contributed by atoms with van der Waals surface area (Å²) in [4.78, 5) is 0. The fraction of sp³-hybridized carbons (Fsp3) is 1.00. The molecule has 4 unspecified atom stereocenters. The molecule has 0 spiro atoms. The minimum atomic E-state index is 0.0452. The van der Waals surface area contributed by atoms with Crippen LogP contribution in [-0.2, 0) is 9.84 Å². The molecule has 0 aliphatic rings. The largest absolute Gasteiger partial charge is 0.381 e. The van der Waals surface area contributed by atoms with Crippen LogP contribution in [0, 0.1) is 23.7 Å². The lowest BCUT2D eigenvalue weighted by Gasteiger charge is -2.21. The van der Waals surface area contributed by atoms with Gasteiger partial charge in [0.25, 0.3) is 0 Å². The molecule has 1 radical (unpaired) electrons. The first-order valence-electron chi connectivity index (χ1n) is 7.72. The number of hydrogen-bond acceptors (Lipinski definition) is 1. The summed E-state index contributed by atoms with van der Waals surface area (Å²) >= 11 is 0. The van der Waals surface area contributed by atoms with Crippen LogP contribution in [0.15, 0.2) is 0 Å². The number of hydrogen-bond donors (Lipinski definition) is 0. The van der Waals surface area contributed by atoms with Gasteiger partial charge in [0.1, 0.15) is 0 Å². The Kier molecular flexibility index (Phi) is 10.8. The first kappa shape index (κ1) is 17.9. The Morgan fingerprint density at radius 1 is 0.833 bits per heavy atom. The Labute approximate surface area is 114 Å². The maximum atomic E-state index is 10.9. The summed E-state index contributed by atoms with van der Waals surface area (Å²) in [5.74, 6) is 2.36. The van der Waals surface area contributed by atoms with Crippen LogP contribution in [-0.4, -0.2) is 19.8 Å². The second-order valence-corrected chi connectivity index (χ2v) is 5.86. The lowest BCUT2D eigenvalue weighted by molar-refractivity contribution is 0.0739. The minimum absolute atomic E-state index is 0.0452. The normalized spacial score (nSPS) is 18.3. The summed E-state index contributed by atoms with van der Waals surface area (Å²) < 4.78 is 5.72. The maximum Gasteiger partial charge on any atom is 0.0850 e. The molecule has 0 aliphatic heterocycles. The molecule has 0 aromatic heterocycles. The van der Waals surface area contributed by atoms with Crippen LogP contribution < -0.4 is 0 Å². The molecule has 4 atom stereocenters. The molecule has 0 bridgehead atoms. The van der Waals surface area contributed by atoms with Crippen LogP contribution in [0.4, 0.5) is 0 Å². The van der Waals surface area contributed by atoms with E-state index in [9.17, 15) is 5.11 Å². The van der Waals surface area contributed by atoms with E-state index in [-0.39, 0.29) is 12.5 Å². The number of rotatable bonds is 11. The second kappa shape index (κ2) is 10.8. The highest BCUT2D eigenvalue weighted by Crippen LogP contribution is 2.20. The van der Waals surface area contributed by atoms with E-state index in [0.717, 1.165) is 44.3 Å². The van der Waals surface area contributed by atoms with E-state index in [1.54, 1.807) is 0 Å². The number of ether oxygens (including phenoxy) is 1. The third-order valence-corrected chi connectivity index (χ3v) is 4.56. The molecule has 0 N–H and O–H groups in total. The van der Waals surface area contributed by atoms with Gasteiger partial charge in [0, 0.05) is 13.2 Å². The van der Waals surface area contributed by atoms with Gasteiger partial charge in [-0.25, -0.2) is 5.11 Å². The van der Waals surface area contributed by atoms with Crippen LogP contribution in [0.25, 0.3) is 0 Å². The predicted molar refractivity (Wildman–Crippen MR) is 77.2 cm³/mol. The van der Waals surface area contributed by atoms with Crippen molar-refractivity contribution in [3.8, 4) is 0 Å². The van der Waals surface area contributed by atoms with Crippen molar-refractivity contribution in [2.75, 3.05) is 19.8 Å². The molecule has 0 fully saturated rings. The van der Waals surface area contributed by atoms with E-state index in [0.29, 0.717) is 5.92 Å². The molecule has 0 saturated carbocycles. The van der Waals surface area contributed by atoms with Gasteiger partial charge < -0.3 is 4.74 Å². The van der Waals surface area contributed by atoms with Crippen molar-refractivity contribution in [2.45, 2.75) is 60.3 Å². The van der Waals surface area contributed by atoms with Gasteiger partial charge in [-0.2, -0.15) is 0 Å². The van der Waals surface area contributed by atoms with Gasteiger partial charge in [-0.15, -0.1) is 0 Å². The van der Waals surface area contributed by atoms with E-state index >= 15 is 0 Å². The van der Waals surface area contributed by atoms with Gasteiger partial charge >= 0.3 is 0 Å². The Hall–Kier alpha value is -0.0800. The van der Waals surface area contributed by atoms with E-state index < -0.39 is 0 Å². The zero-order valence-corrected chi connectivity index (χ0v) is 13.1. The Morgan fingerprint density at radius 3 is 1.94 bits per heavy atom. The fourth-order valence-electron chi connectivity index (χ4n) is 2.32. The maximum absolute atomic E-state index is 10.9. The molecule has 0 amide bonds. The summed E-state index contributed by atoms with van der Waals surface area (Å²) in [7, 11) is 0. The van der Waals surface area contributed by atoms with Crippen LogP contribution in [0.2, 0.25) is 0 Å². The SMILES string of the molecule is CCC(C)C(C)CCOCCC(CC)C(C)C[O]. The van der Waals surface area contributed by atoms with Crippen molar-refractivity contribution in [1.82, 2.24) is 0 Å². The summed E-state index contributed by atoms with van der Waals surface area (Å²) in [6.07, 6.45) is 4.54. The molecule has 2 nitrogen and oxygen atoms in total. The van der Waals surface area contributed by atoms with Crippen LogP contribution in [0.5, 0.6) is 0 Å². The highest BCUT2D eigenvalue weighted by molar-refractivity contribution is 4.64. The first-order valence-corrected chi connectivity index (χ1v) is 7.72. The fourth-order valence-corrected chi connectivity index (χ4v) is 2.32. The highest BCUT2D eigenvalue weighted by Gasteiger charge is 2.15. The molecular weight excluding hydrogens is 224 g/mol. The highest BCUT2D eigenvalue weighted by atomic mass is 16.5. The zero-order valence-electron chi connectivity index (χ0n) is 13.1. The lowest BCUT2D eigenvalue weighted by atomic mass is 9.89. The minimum Gasteiger partial charge on any atom is -0.381 e. The topological polar surface area (TPSA) is 29.1 Å². The average Bonchev–Trinajstić information content (AvgIpc) is 2.40. The second-order valence-electron chi connectivity index (χ2n) is 5.86. The monoisotopic (exact) mass is 257 g/mol. The molecule has 18 heavy (non-hydrogen) atoms. The van der Waals surface area contributed by atoms with E-state index in [4.69, 9.17) is 4.74 Å². The van der Waals surface area contributed by atoms with Crippen molar-refractivity contribution in [1.29, 1.82) is 0 Å². The zero-order chi connectivity index (χ0) is 14.0. The van der Waals surface area contributed by atoms with Crippen molar-refractivity contribution in [3.05, 3.63) is 0 Å². The summed E-state index contributed by atoms with van der Waals surface area (Å²) in [6, 6.07) is 0. The Bertz CT molecular complexity index is 182. The quantitative estimate of drug-likeness (QED) is 0.499. The molecule has 0 rings (SSSR count). The van der Waals surface area contributed by atoms with Crippen LogP contribution in [0.1, 0.15) is 60.3 Å². The van der Waals surface area contributed by atoms with Gasteiger partial charge in [0.2, 0.25) is 0 Å². The predicted octanol–water partition coefficient (Wildman–Crippen LogP) is 4.56. The van der Waals surface area contributed by atoms with Crippen molar-refractivity contribution >= 4 is 0 Å². The molecule has 0 saturated heterocycles. The van der Waals surface area contributed by atoms with Gasteiger partial charge in [0.15, 0.2) is 0 Å². The molecule has 2 heteroatoms. The summed E-state index contributed by atoms with van der Waals surface area (Å²) in [5, 5.41) is 10.9. The van der Waals surface area contributed by atoms with E-state index in [1.807, 2.05) is 0 Å². The Balaban J connectivity index is 3.60. The van der Waals surface area contributed by atoms with Crippen molar-refractivity contribution < 1.29 is 9.84 Å². The third-order valence-electron chi connectivity index (χ3n) is 4.56. The smallest absolute Gasteiger partial charge is 0.0850 e. The average molecular weight is 257 g/mol. The molecule has 109 valence electrons. The summed E-state index contributed by atoms with van der Waals surface area (Å²) in [5.41, 5.74) is 0. The van der Waals surface area contributed by atoms with Gasteiger partial charge in [-0.3, -0.25) is 0 Å². The van der Waals surface area contributed by atoms with Crippen molar-refractivity contribution in [3.63, 3.8) is 0 Å². The molecule has 0 aromatic rings. The van der Waals surface area contributed by atoms with Gasteiger partial charge in [-0.1, -0.05) is 47.5 Å². The molecule has 0 aromatic carbocycles. The Morgan fingerprint density at radius 2 is 1.44 bits per heavy atom. The summed E-state index contributed by atoms with van der Waals surface area (Å²) in [6.45, 7) is 12.8. The van der Waals surface area contributed by atoms with Gasteiger partial charge in [-0.05, 0) is 36.5 Å². The van der Waals surface area contributed by atoms with Gasteiger partial charge in [0.05, 0.1) is 6.61 Å². The molecule has 0 heterocycles. The van der Waals surface area contributed by atoms with Crippen molar-refractivity contribution in [2.24, 2.45) is 23.7 Å². The molecular formula is C16H33O2.